The molecule has 0 aromatic carbocycles. The molecule has 3 nitrogen and oxygen atoms in total. The standard InChI is InChI=1S/C11H20O3/c1-3-5-6-8-10(12)9(7-4-2)11(13)14/h6,8-10,12H,3-5,7H2,1-2H3,(H,13,14)/b8-6+/t9-,10+/m1/s1. The van der Waals surface area contributed by atoms with Crippen LogP contribution >= 0.6 is 0 Å². The highest BCUT2D eigenvalue weighted by molar-refractivity contribution is 5.71. The van der Waals surface area contributed by atoms with E-state index in [1.807, 2.05) is 19.9 Å². The van der Waals surface area contributed by atoms with Crippen LogP contribution in [0.5, 0.6) is 0 Å². The summed E-state index contributed by atoms with van der Waals surface area (Å²) in [7, 11) is 0. The minimum atomic E-state index is -0.916. The molecule has 0 radical (unpaired) electrons. The Morgan fingerprint density at radius 2 is 2.00 bits per heavy atom. The molecule has 3 heteroatoms. The molecule has 0 rings (SSSR count). The van der Waals surface area contributed by atoms with Gasteiger partial charge in [0, 0.05) is 0 Å². The van der Waals surface area contributed by atoms with Crippen LogP contribution in [-0.4, -0.2) is 22.3 Å². The van der Waals surface area contributed by atoms with Gasteiger partial charge in [0.1, 0.15) is 0 Å². The van der Waals surface area contributed by atoms with Gasteiger partial charge in [0.2, 0.25) is 0 Å². The molecule has 14 heavy (non-hydrogen) atoms. The third kappa shape index (κ3) is 5.02. The van der Waals surface area contributed by atoms with Crippen molar-refractivity contribution in [1.29, 1.82) is 0 Å². The Morgan fingerprint density at radius 1 is 1.36 bits per heavy atom. The predicted octanol–water partition coefficient (Wildman–Crippen LogP) is 2.20. The molecule has 0 spiro atoms. The fourth-order valence-corrected chi connectivity index (χ4v) is 1.29. The molecule has 2 N–H and O–H groups in total. The van der Waals surface area contributed by atoms with Gasteiger partial charge in [-0.3, -0.25) is 4.79 Å². The van der Waals surface area contributed by atoms with Gasteiger partial charge in [-0.1, -0.05) is 38.8 Å². The molecule has 0 unspecified atom stereocenters. The average molecular weight is 200 g/mol. The number of aliphatic hydroxyl groups excluding tert-OH is 1. The lowest BCUT2D eigenvalue weighted by Crippen LogP contribution is -2.26. The Labute approximate surface area is 85.4 Å². The Bertz CT molecular complexity index is 187. The van der Waals surface area contributed by atoms with Crippen molar-refractivity contribution in [2.45, 2.75) is 45.6 Å². The van der Waals surface area contributed by atoms with E-state index in [2.05, 4.69) is 0 Å². The predicted molar refractivity (Wildman–Crippen MR) is 56.1 cm³/mol. The molecule has 2 atom stereocenters. The van der Waals surface area contributed by atoms with Gasteiger partial charge < -0.3 is 10.2 Å². The highest BCUT2D eigenvalue weighted by Crippen LogP contribution is 2.13. The van der Waals surface area contributed by atoms with Crippen molar-refractivity contribution in [3.8, 4) is 0 Å². The van der Waals surface area contributed by atoms with Gasteiger partial charge in [-0.05, 0) is 12.8 Å². The number of carbonyl (C=O) groups is 1. The van der Waals surface area contributed by atoms with Crippen LogP contribution in [0.1, 0.15) is 39.5 Å². The number of aliphatic hydroxyl groups is 1. The molecular weight excluding hydrogens is 180 g/mol. The van der Waals surface area contributed by atoms with E-state index >= 15 is 0 Å². The molecule has 0 aliphatic carbocycles. The molecule has 0 aromatic rings. The molecule has 0 heterocycles. The molecule has 0 aliphatic heterocycles. The van der Waals surface area contributed by atoms with Gasteiger partial charge in [0.15, 0.2) is 0 Å². The van der Waals surface area contributed by atoms with Gasteiger partial charge in [0.25, 0.3) is 0 Å². The van der Waals surface area contributed by atoms with Crippen molar-refractivity contribution in [2.75, 3.05) is 0 Å². The van der Waals surface area contributed by atoms with Gasteiger partial charge in [0.05, 0.1) is 12.0 Å². The minimum absolute atomic E-state index is 0.521. The second kappa shape index (κ2) is 7.56. The maximum absolute atomic E-state index is 10.8. The van der Waals surface area contributed by atoms with Crippen molar-refractivity contribution in [3.63, 3.8) is 0 Å². The number of hydrogen-bond donors (Lipinski definition) is 2. The Balaban J connectivity index is 4.14. The number of rotatable bonds is 7. The van der Waals surface area contributed by atoms with E-state index in [1.54, 1.807) is 6.08 Å². The number of carboxylic acids is 1. The summed E-state index contributed by atoms with van der Waals surface area (Å²) in [5, 5.41) is 18.4. The monoisotopic (exact) mass is 200 g/mol. The fourth-order valence-electron chi connectivity index (χ4n) is 1.29. The van der Waals surface area contributed by atoms with Crippen molar-refractivity contribution in [2.24, 2.45) is 5.92 Å². The van der Waals surface area contributed by atoms with E-state index in [0.717, 1.165) is 19.3 Å². The van der Waals surface area contributed by atoms with E-state index in [9.17, 15) is 9.90 Å². The van der Waals surface area contributed by atoms with E-state index < -0.39 is 18.0 Å². The summed E-state index contributed by atoms with van der Waals surface area (Å²) in [5.74, 6) is -1.58. The van der Waals surface area contributed by atoms with Crippen LogP contribution in [0.2, 0.25) is 0 Å². The highest BCUT2D eigenvalue weighted by atomic mass is 16.4. The van der Waals surface area contributed by atoms with Crippen LogP contribution in [0.3, 0.4) is 0 Å². The first-order valence-corrected chi connectivity index (χ1v) is 5.21. The topological polar surface area (TPSA) is 57.5 Å². The third-order valence-electron chi connectivity index (χ3n) is 2.12. The summed E-state index contributed by atoms with van der Waals surface area (Å²) >= 11 is 0. The first kappa shape index (κ1) is 13.2. The molecule has 0 fully saturated rings. The average Bonchev–Trinajstić information content (AvgIpc) is 2.13. The summed E-state index contributed by atoms with van der Waals surface area (Å²) in [6.07, 6.45) is 5.78. The highest BCUT2D eigenvalue weighted by Gasteiger charge is 2.22. The zero-order chi connectivity index (χ0) is 11.0. The van der Waals surface area contributed by atoms with E-state index in [-0.39, 0.29) is 0 Å². The summed E-state index contributed by atoms with van der Waals surface area (Å²) in [6, 6.07) is 0. The zero-order valence-corrected chi connectivity index (χ0v) is 8.94. The zero-order valence-electron chi connectivity index (χ0n) is 8.94. The van der Waals surface area contributed by atoms with Gasteiger partial charge in [-0.2, -0.15) is 0 Å². The number of carboxylic acid groups (broad SMARTS) is 1. The lowest BCUT2D eigenvalue weighted by molar-refractivity contribution is -0.144. The third-order valence-corrected chi connectivity index (χ3v) is 2.12. The van der Waals surface area contributed by atoms with Crippen LogP contribution in [-0.2, 0) is 4.79 Å². The normalized spacial score (nSPS) is 15.6. The second-order valence-electron chi connectivity index (χ2n) is 3.44. The fraction of sp³-hybridized carbons (Fsp3) is 0.727. The van der Waals surface area contributed by atoms with Gasteiger partial charge in [-0.25, -0.2) is 0 Å². The summed E-state index contributed by atoms with van der Waals surface area (Å²) in [6.45, 7) is 3.95. The van der Waals surface area contributed by atoms with E-state index in [4.69, 9.17) is 5.11 Å². The van der Waals surface area contributed by atoms with Gasteiger partial charge >= 0.3 is 5.97 Å². The molecule has 0 saturated carbocycles. The Hall–Kier alpha value is -0.830. The van der Waals surface area contributed by atoms with Crippen LogP contribution < -0.4 is 0 Å². The maximum Gasteiger partial charge on any atom is 0.309 e. The quantitative estimate of drug-likeness (QED) is 0.619. The molecule has 0 amide bonds. The lowest BCUT2D eigenvalue weighted by Gasteiger charge is -2.14. The summed E-state index contributed by atoms with van der Waals surface area (Å²) in [4.78, 5) is 10.8. The first-order chi connectivity index (χ1) is 6.63. The molecule has 0 bridgehead atoms. The van der Waals surface area contributed by atoms with Crippen molar-refractivity contribution in [1.82, 2.24) is 0 Å². The van der Waals surface area contributed by atoms with Crippen LogP contribution in [0, 0.1) is 5.92 Å². The van der Waals surface area contributed by atoms with Crippen LogP contribution in [0.25, 0.3) is 0 Å². The largest absolute Gasteiger partial charge is 0.481 e. The van der Waals surface area contributed by atoms with Crippen molar-refractivity contribution >= 4 is 5.97 Å². The second-order valence-corrected chi connectivity index (χ2v) is 3.44. The van der Waals surface area contributed by atoms with Gasteiger partial charge in [-0.15, -0.1) is 0 Å². The molecule has 0 aromatic heterocycles. The van der Waals surface area contributed by atoms with Crippen LogP contribution in [0.15, 0.2) is 12.2 Å². The lowest BCUT2D eigenvalue weighted by atomic mass is 9.97. The summed E-state index contributed by atoms with van der Waals surface area (Å²) < 4.78 is 0. The SMILES string of the molecule is CCC/C=C/[C@H](O)[C@@H](CCC)C(=O)O. The van der Waals surface area contributed by atoms with Crippen molar-refractivity contribution in [3.05, 3.63) is 12.2 Å². The van der Waals surface area contributed by atoms with Crippen molar-refractivity contribution < 1.29 is 15.0 Å². The van der Waals surface area contributed by atoms with E-state index in [1.165, 1.54) is 0 Å². The molecule has 0 saturated heterocycles. The Morgan fingerprint density at radius 3 is 2.43 bits per heavy atom. The number of allylic oxidation sites excluding steroid dienone is 1. The molecular formula is C11H20O3. The maximum atomic E-state index is 10.8. The van der Waals surface area contributed by atoms with Crippen LogP contribution in [0.4, 0.5) is 0 Å². The molecule has 0 aliphatic rings. The minimum Gasteiger partial charge on any atom is -0.481 e. The number of hydrogen-bond acceptors (Lipinski definition) is 2. The first-order valence-electron chi connectivity index (χ1n) is 5.21. The number of unbranched alkanes of at least 4 members (excludes halogenated alkanes) is 1. The number of aliphatic carboxylic acids is 1. The smallest absolute Gasteiger partial charge is 0.309 e. The van der Waals surface area contributed by atoms with E-state index in [0.29, 0.717) is 6.42 Å². The molecule has 82 valence electrons. The Kier molecular flexibility index (Phi) is 7.11. The summed E-state index contributed by atoms with van der Waals surface area (Å²) in [5.41, 5.74) is 0.